The van der Waals surface area contributed by atoms with E-state index in [0.29, 0.717) is 10.4 Å². The first-order valence-electron chi connectivity index (χ1n) is 4.90. The van der Waals surface area contributed by atoms with Crippen molar-refractivity contribution in [1.29, 1.82) is 0 Å². The van der Waals surface area contributed by atoms with Crippen molar-refractivity contribution >= 4 is 27.8 Å². The largest absolute Gasteiger partial charge is 0.465 e. The average molecular weight is 287 g/mol. The molecule has 1 amide bonds. The highest BCUT2D eigenvalue weighted by Crippen LogP contribution is 2.26. The molecule has 0 atom stereocenters. The van der Waals surface area contributed by atoms with Gasteiger partial charge in [0.1, 0.15) is 10.4 Å². The van der Waals surface area contributed by atoms with Crippen LogP contribution >= 0.6 is 15.9 Å². The molecular weight excluding hydrogens is 272 g/mol. The van der Waals surface area contributed by atoms with E-state index in [4.69, 9.17) is 0 Å². The molecule has 0 aliphatic heterocycles. The number of hydrogen-bond acceptors (Lipinski definition) is 2. The van der Waals surface area contributed by atoms with E-state index in [2.05, 4.69) is 20.9 Å². The van der Waals surface area contributed by atoms with Crippen molar-refractivity contribution in [3.8, 4) is 0 Å². The van der Waals surface area contributed by atoms with E-state index >= 15 is 0 Å². The van der Waals surface area contributed by atoms with Gasteiger partial charge in [-0.15, -0.1) is 0 Å². The van der Waals surface area contributed by atoms with E-state index in [9.17, 15) is 9.90 Å². The molecule has 5 heteroatoms. The smallest absolute Gasteiger partial charge is 0.413 e. The van der Waals surface area contributed by atoms with Gasteiger partial charge in [-0.05, 0) is 55.3 Å². The summed E-state index contributed by atoms with van der Waals surface area (Å²) in [5.74, 6) is 0.467. The van der Waals surface area contributed by atoms with Gasteiger partial charge >= 0.3 is 6.09 Å². The normalized spacial score (nSPS) is 11.3. The maximum Gasteiger partial charge on any atom is 0.413 e. The average Bonchev–Trinajstić information content (AvgIpc) is 2.08. The number of pyridine rings is 1. The molecule has 1 aromatic heterocycles. The predicted molar refractivity (Wildman–Crippen MR) is 66.9 cm³/mol. The number of carboxylic acid groups (broad SMARTS) is 1. The highest BCUT2D eigenvalue weighted by molar-refractivity contribution is 9.10. The van der Waals surface area contributed by atoms with Crippen molar-refractivity contribution in [2.45, 2.75) is 33.2 Å². The molecule has 1 rings (SSSR count). The molecule has 0 aliphatic carbocycles. The van der Waals surface area contributed by atoms with Gasteiger partial charge in [-0.25, -0.2) is 9.78 Å². The standard InChI is InChI=1S/C11H15BrN2O2/c1-7-5-6-8(12)13-9(7)14(10(15)16)11(2,3)4/h5-6H,1-4H3,(H,15,16). The van der Waals surface area contributed by atoms with Crippen LogP contribution in [-0.2, 0) is 0 Å². The molecule has 88 valence electrons. The second-order valence-electron chi connectivity index (χ2n) is 4.56. The highest BCUT2D eigenvalue weighted by atomic mass is 79.9. The molecule has 0 bridgehead atoms. The Bertz CT molecular complexity index is 413. The minimum atomic E-state index is -0.999. The number of anilines is 1. The molecule has 0 saturated heterocycles. The lowest BCUT2D eigenvalue weighted by Crippen LogP contribution is -2.46. The summed E-state index contributed by atoms with van der Waals surface area (Å²) < 4.78 is 0.628. The summed E-state index contributed by atoms with van der Waals surface area (Å²) in [5, 5.41) is 9.25. The molecule has 0 aliphatic rings. The molecule has 0 aromatic carbocycles. The SMILES string of the molecule is Cc1ccc(Br)nc1N(C(=O)O)C(C)(C)C. The molecule has 0 fully saturated rings. The molecule has 1 N–H and O–H groups in total. The van der Waals surface area contributed by atoms with Crippen LogP contribution in [0, 0.1) is 6.92 Å². The number of rotatable bonds is 1. The number of carbonyl (C=O) groups is 1. The molecule has 1 aromatic rings. The Hall–Kier alpha value is -1.10. The Morgan fingerprint density at radius 2 is 2.00 bits per heavy atom. The van der Waals surface area contributed by atoms with Crippen molar-refractivity contribution in [1.82, 2.24) is 4.98 Å². The zero-order chi connectivity index (χ0) is 12.5. The zero-order valence-electron chi connectivity index (χ0n) is 9.78. The second-order valence-corrected chi connectivity index (χ2v) is 5.38. The van der Waals surface area contributed by atoms with Crippen LogP contribution in [0.5, 0.6) is 0 Å². The lowest BCUT2D eigenvalue weighted by Gasteiger charge is -2.33. The fourth-order valence-electron chi connectivity index (χ4n) is 1.42. The van der Waals surface area contributed by atoms with Gasteiger partial charge in [0.25, 0.3) is 0 Å². The highest BCUT2D eigenvalue weighted by Gasteiger charge is 2.30. The first-order valence-corrected chi connectivity index (χ1v) is 5.69. The lowest BCUT2D eigenvalue weighted by molar-refractivity contribution is 0.195. The first kappa shape index (κ1) is 13.0. The van der Waals surface area contributed by atoms with Crippen LogP contribution in [0.3, 0.4) is 0 Å². The third-order valence-corrected chi connectivity index (χ3v) is 2.55. The molecule has 0 saturated carbocycles. The molecule has 4 nitrogen and oxygen atoms in total. The maximum absolute atomic E-state index is 11.3. The van der Waals surface area contributed by atoms with Gasteiger partial charge in [0.05, 0.1) is 0 Å². The van der Waals surface area contributed by atoms with E-state index in [0.717, 1.165) is 5.56 Å². The Kier molecular flexibility index (Phi) is 3.57. The molecular formula is C11H15BrN2O2. The quantitative estimate of drug-likeness (QED) is 0.805. The Morgan fingerprint density at radius 3 is 2.44 bits per heavy atom. The summed E-state index contributed by atoms with van der Waals surface area (Å²) in [6.07, 6.45) is -0.999. The van der Waals surface area contributed by atoms with Gasteiger partial charge in [-0.3, -0.25) is 4.90 Å². The fraction of sp³-hybridized carbons (Fsp3) is 0.455. The topological polar surface area (TPSA) is 53.4 Å². The Labute approximate surface area is 103 Å². The lowest BCUT2D eigenvalue weighted by atomic mass is 10.1. The minimum Gasteiger partial charge on any atom is -0.465 e. The number of aromatic nitrogens is 1. The van der Waals surface area contributed by atoms with Gasteiger partial charge in [-0.2, -0.15) is 0 Å². The van der Waals surface area contributed by atoms with Crippen molar-refractivity contribution in [2.75, 3.05) is 4.90 Å². The van der Waals surface area contributed by atoms with Gasteiger partial charge in [0.15, 0.2) is 0 Å². The van der Waals surface area contributed by atoms with Crippen molar-refractivity contribution in [3.05, 3.63) is 22.3 Å². The summed E-state index contributed by atoms with van der Waals surface area (Å²) in [6.45, 7) is 7.35. The molecule has 0 spiro atoms. The van der Waals surface area contributed by atoms with Crippen molar-refractivity contribution < 1.29 is 9.90 Å². The monoisotopic (exact) mass is 286 g/mol. The van der Waals surface area contributed by atoms with E-state index in [-0.39, 0.29) is 0 Å². The number of aryl methyl sites for hydroxylation is 1. The van der Waals surface area contributed by atoms with Crippen molar-refractivity contribution in [3.63, 3.8) is 0 Å². The fourth-order valence-corrected chi connectivity index (χ4v) is 1.72. The van der Waals surface area contributed by atoms with Crippen LogP contribution in [0.1, 0.15) is 26.3 Å². The zero-order valence-corrected chi connectivity index (χ0v) is 11.4. The van der Waals surface area contributed by atoms with Gasteiger partial charge < -0.3 is 5.11 Å². The third kappa shape index (κ3) is 2.72. The van der Waals surface area contributed by atoms with Crippen LogP contribution < -0.4 is 4.90 Å². The molecule has 0 unspecified atom stereocenters. The second kappa shape index (κ2) is 4.41. The van der Waals surface area contributed by atoms with Crippen LogP contribution in [-0.4, -0.2) is 21.7 Å². The molecule has 16 heavy (non-hydrogen) atoms. The third-order valence-electron chi connectivity index (χ3n) is 2.11. The predicted octanol–water partition coefficient (Wildman–Crippen LogP) is 3.44. The first-order chi connectivity index (χ1) is 7.23. The summed E-state index contributed by atoms with van der Waals surface area (Å²) in [5.41, 5.74) is 0.310. The van der Waals surface area contributed by atoms with Gasteiger partial charge in [-0.1, -0.05) is 6.07 Å². The van der Waals surface area contributed by atoms with E-state index < -0.39 is 11.6 Å². The number of nitrogens with zero attached hydrogens (tertiary/aromatic N) is 2. The van der Waals surface area contributed by atoms with Crippen LogP contribution in [0.15, 0.2) is 16.7 Å². The summed E-state index contributed by atoms with van der Waals surface area (Å²) in [4.78, 5) is 16.8. The maximum atomic E-state index is 11.3. The Balaban J connectivity index is 3.32. The van der Waals surface area contributed by atoms with E-state index in [1.807, 2.05) is 33.8 Å². The number of hydrogen-bond donors (Lipinski definition) is 1. The Morgan fingerprint density at radius 1 is 1.44 bits per heavy atom. The minimum absolute atomic E-state index is 0.467. The molecule has 0 radical (unpaired) electrons. The summed E-state index contributed by atoms with van der Waals surface area (Å²) in [7, 11) is 0. The molecule has 1 heterocycles. The van der Waals surface area contributed by atoms with E-state index in [1.54, 1.807) is 6.07 Å². The number of halogens is 1. The van der Waals surface area contributed by atoms with Crippen molar-refractivity contribution in [2.24, 2.45) is 0 Å². The number of amides is 1. The van der Waals surface area contributed by atoms with Crippen LogP contribution in [0.4, 0.5) is 10.6 Å². The summed E-state index contributed by atoms with van der Waals surface area (Å²) in [6, 6.07) is 3.63. The van der Waals surface area contributed by atoms with Gasteiger partial charge in [0.2, 0.25) is 0 Å². The van der Waals surface area contributed by atoms with Gasteiger partial charge in [0, 0.05) is 5.54 Å². The van der Waals surface area contributed by atoms with Crippen LogP contribution in [0.2, 0.25) is 0 Å². The summed E-state index contributed by atoms with van der Waals surface area (Å²) >= 11 is 3.25. The van der Waals surface area contributed by atoms with E-state index in [1.165, 1.54) is 4.90 Å². The van der Waals surface area contributed by atoms with Crippen LogP contribution in [0.25, 0.3) is 0 Å².